The fourth-order valence-electron chi connectivity index (χ4n) is 3.22. The van der Waals surface area contributed by atoms with E-state index < -0.39 is 6.61 Å². The summed E-state index contributed by atoms with van der Waals surface area (Å²) in [4.78, 5) is 2.51. The van der Waals surface area contributed by atoms with E-state index in [4.69, 9.17) is 12.2 Å². The molecular weight excluding hydrogens is 380 g/mol. The predicted molar refractivity (Wildman–Crippen MR) is 112 cm³/mol. The van der Waals surface area contributed by atoms with E-state index >= 15 is 0 Å². The van der Waals surface area contributed by atoms with Gasteiger partial charge < -0.3 is 15.4 Å². The summed E-state index contributed by atoms with van der Waals surface area (Å²) in [5.74, 6) is 0.115. The number of halogens is 2. The third-order valence-corrected chi connectivity index (χ3v) is 4.91. The van der Waals surface area contributed by atoms with Crippen LogP contribution in [0.25, 0.3) is 0 Å². The van der Waals surface area contributed by atoms with Crippen LogP contribution in [0.3, 0.4) is 0 Å². The lowest BCUT2D eigenvalue weighted by Gasteiger charge is -2.26. The highest BCUT2D eigenvalue weighted by atomic mass is 32.1. The van der Waals surface area contributed by atoms with Crippen molar-refractivity contribution in [3.63, 3.8) is 0 Å². The number of thiocarbonyl (C=S) groups is 1. The van der Waals surface area contributed by atoms with Crippen LogP contribution in [0.4, 0.5) is 14.5 Å². The second-order valence-corrected chi connectivity index (χ2v) is 7.27. The van der Waals surface area contributed by atoms with E-state index in [-0.39, 0.29) is 5.75 Å². The van der Waals surface area contributed by atoms with Crippen molar-refractivity contribution < 1.29 is 13.5 Å². The summed E-state index contributed by atoms with van der Waals surface area (Å²) in [5, 5.41) is 6.65. The lowest BCUT2D eigenvalue weighted by atomic mass is 10.1. The largest absolute Gasteiger partial charge is 0.435 e. The van der Waals surface area contributed by atoms with Crippen molar-refractivity contribution in [3.8, 4) is 5.75 Å². The SMILES string of the molecule is FC(F)Oc1ccc(NC(=S)NCc2ccc(CN3CCCCC3)cc2)cc1. The lowest BCUT2D eigenvalue weighted by Crippen LogP contribution is -2.29. The molecule has 2 aromatic rings. The minimum absolute atomic E-state index is 0.115. The molecule has 0 aliphatic carbocycles. The first kappa shape index (κ1) is 20.5. The molecule has 0 saturated carbocycles. The third kappa shape index (κ3) is 6.73. The van der Waals surface area contributed by atoms with Gasteiger partial charge in [-0.1, -0.05) is 30.7 Å². The van der Waals surface area contributed by atoms with Gasteiger partial charge in [-0.3, -0.25) is 4.90 Å². The third-order valence-electron chi connectivity index (χ3n) is 4.67. The minimum Gasteiger partial charge on any atom is -0.435 e. The molecular formula is C21H25F2N3OS. The Morgan fingerprint density at radius 1 is 0.964 bits per heavy atom. The first-order valence-electron chi connectivity index (χ1n) is 9.48. The lowest BCUT2D eigenvalue weighted by molar-refractivity contribution is -0.0498. The number of ether oxygens (including phenoxy) is 1. The maximum atomic E-state index is 12.2. The first-order chi connectivity index (χ1) is 13.6. The van der Waals surface area contributed by atoms with Crippen molar-refractivity contribution in [1.82, 2.24) is 10.2 Å². The van der Waals surface area contributed by atoms with Crippen LogP contribution in [0.5, 0.6) is 5.75 Å². The van der Waals surface area contributed by atoms with E-state index in [2.05, 4.69) is 44.5 Å². The number of piperidine rings is 1. The molecule has 150 valence electrons. The fraction of sp³-hybridized carbons (Fsp3) is 0.381. The van der Waals surface area contributed by atoms with Gasteiger partial charge in [-0.2, -0.15) is 8.78 Å². The van der Waals surface area contributed by atoms with Crippen LogP contribution in [0, 0.1) is 0 Å². The summed E-state index contributed by atoms with van der Waals surface area (Å²) in [5.41, 5.74) is 3.18. The molecule has 28 heavy (non-hydrogen) atoms. The van der Waals surface area contributed by atoms with E-state index in [1.165, 1.54) is 50.0 Å². The van der Waals surface area contributed by atoms with Crippen molar-refractivity contribution >= 4 is 23.0 Å². The number of anilines is 1. The predicted octanol–water partition coefficient (Wildman–Crippen LogP) is 4.76. The van der Waals surface area contributed by atoms with Gasteiger partial charge in [-0.05, 0) is 73.5 Å². The maximum absolute atomic E-state index is 12.2. The molecule has 0 radical (unpaired) electrons. The number of hydrogen-bond donors (Lipinski definition) is 2. The normalized spacial score (nSPS) is 14.7. The highest BCUT2D eigenvalue weighted by molar-refractivity contribution is 7.80. The van der Waals surface area contributed by atoms with Crippen LogP contribution in [0.15, 0.2) is 48.5 Å². The molecule has 2 aromatic carbocycles. The number of benzene rings is 2. The van der Waals surface area contributed by atoms with E-state index in [0.29, 0.717) is 17.3 Å². The minimum atomic E-state index is -2.83. The van der Waals surface area contributed by atoms with Crippen molar-refractivity contribution in [2.24, 2.45) is 0 Å². The Morgan fingerprint density at radius 3 is 2.25 bits per heavy atom. The summed E-state index contributed by atoms with van der Waals surface area (Å²) >= 11 is 5.29. The Morgan fingerprint density at radius 2 is 1.61 bits per heavy atom. The molecule has 0 atom stereocenters. The molecule has 3 rings (SSSR count). The van der Waals surface area contributed by atoms with Crippen molar-refractivity contribution in [1.29, 1.82) is 0 Å². The highest BCUT2D eigenvalue weighted by Crippen LogP contribution is 2.18. The van der Waals surface area contributed by atoms with E-state index in [9.17, 15) is 8.78 Å². The summed E-state index contributed by atoms with van der Waals surface area (Å²) in [6.07, 6.45) is 3.95. The molecule has 1 aliphatic rings. The van der Waals surface area contributed by atoms with Crippen LogP contribution >= 0.6 is 12.2 Å². The first-order valence-corrected chi connectivity index (χ1v) is 9.89. The number of nitrogens with one attached hydrogen (secondary N) is 2. The topological polar surface area (TPSA) is 36.5 Å². The summed E-state index contributed by atoms with van der Waals surface area (Å²) in [6.45, 7) is 1.19. The number of alkyl halides is 2. The van der Waals surface area contributed by atoms with Crippen molar-refractivity contribution in [2.45, 2.75) is 39.0 Å². The molecule has 1 saturated heterocycles. The highest BCUT2D eigenvalue weighted by Gasteiger charge is 2.10. The standard InChI is InChI=1S/C21H25F2N3OS/c22-20(23)27-19-10-8-18(9-11-19)25-21(28)24-14-16-4-6-17(7-5-16)15-26-12-2-1-3-13-26/h4-11,20H,1-3,12-15H2,(H2,24,25,28). The van der Waals surface area contributed by atoms with Gasteiger partial charge in [0, 0.05) is 18.8 Å². The molecule has 7 heteroatoms. The molecule has 2 N–H and O–H groups in total. The summed E-state index contributed by atoms with van der Waals surface area (Å²) in [7, 11) is 0. The van der Waals surface area contributed by atoms with Crippen LogP contribution in [0.1, 0.15) is 30.4 Å². The monoisotopic (exact) mass is 405 g/mol. The Labute approximate surface area is 169 Å². The number of nitrogens with zero attached hydrogens (tertiary/aromatic N) is 1. The van der Waals surface area contributed by atoms with Gasteiger partial charge in [0.1, 0.15) is 5.75 Å². The van der Waals surface area contributed by atoms with Gasteiger partial charge >= 0.3 is 6.61 Å². The van der Waals surface area contributed by atoms with E-state index in [1.807, 2.05) is 0 Å². The molecule has 0 spiro atoms. The Balaban J connectivity index is 1.42. The molecule has 0 aromatic heterocycles. The number of hydrogen-bond acceptors (Lipinski definition) is 3. The second kappa shape index (κ2) is 10.3. The smallest absolute Gasteiger partial charge is 0.387 e. The van der Waals surface area contributed by atoms with Crippen molar-refractivity contribution in [2.75, 3.05) is 18.4 Å². The number of likely N-dealkylation sites (tertiary alicyclic amines) is 1. The maximum Gasteiger partial charge on any atom is 0.387 e. The summed E-state index contributed by atoms with van der Waals surface area (Å²) < 4.78 is 28.7. The Hall–Kier alpha value is -2.25. The van der Waals surface area contributed by atoms with Gasteiger partial charge in [-0.25, -0.2) is 0 Å². The fourth-order valence-corrected chi connectivity index (χ4v) is 3.41. The van der Waals surface area contributed by atoms with Crippen LogP contribution in [-0.2, 0) is 13.1 Å². The molecule has 0 bridgehead atoms. The zero-order valence-corrected chi connectivity index (χ0v) is 16.5. The average molecular weight is 406 g/mol. The molecule has 1 heterocycles. The second-order valence-electron chi connectivity index (χ2n) is 6.86. The molecule has 0 unspecified atom stereocenters. The van der Waals surface area contributed by atoms with Gasteiger partial charge in [-0.15, -0.1) is 0 Å². The zero-order valence-electron chi connectivity index (χ0n) is 15.7. The average Bonchev–Trinajstić information content (AvgIpc) is 2.69. The number of rotatable bonds is 7. The summed E-state index contributed by atoms with van der Waals surface area (Å²) in [6, 6.07) is 14.8. The van der Waals surface area contributed by atoms with E-state index in [1.54, 1.807) is 12.1 Å². The van der Waals surface area contributed by atoms with Gasteiger partial charge in [0.2, 0.25) is 0 Å². The van der Waals surface area contributed by atoms with Gasteiger partial charge in [0.15, 0.2) is 5.11 Å². The molecule has 4 nitrogen and oxygen atoms in total. The quantitative estimate of drug-likeness (QED) is 0.650. The van der Waals surface area contributed by atoms with Crippen molar-refractivity contribution in [3.05, 3.63) is 59.7 Å². The zero-order chi connectivity index (χ0) is 19.8. The van der Waals surface area contributed by atoms with Gasteiger partial charge in [0.25, 0.3) is 0 Å². The van der Waals surface area contributed by atoms with Crippen LogP contribution in [-0.4, -0.2) is 29.7 Å². The van der Waals surface area contributed by atoms with Crippen LogP contribution < -0.4 is 15.4 Å². The Kier molecular flexibility index (Phi) is 7.56. The Bertz CT molecular complexity index is 747. The van der Waals surface area contributed by atoms with E-state index in [0.717, 1.165) is 12.1 Å². The van der Waals surface area contributed by atoms with Gasteiger partial charge in [0.05, 0.1) is 0 Å². The molecule has 0 amide bonds. The van der Waals surface area contributed by atoms with Crippen LogP contribution in [0.2, 0.25) is 0 Å². The molecule has 1 aliphatic heterocycles. The molecule has 1 fully saturated rings.